The molecule has 0 spiro atoms. The molecule has 0 saturated carbocycles. The van der Waals surface area contributed by atoms with Crippen LogP contribution in [0.5, 0.6) is 0 Å². The van der Waals surface area contributed by atoms with Crippen molar-refractivity contribution >= 4 is 11.9 Å². The molecule has 0 bridgehead atoms. The highest BCUT2D eigenvalue weighted by Crippen LogP contribution is 2.44. The van der Waals surface area contributed by atoms with Crippen molar-refractivity contribution in [1.29, 1.82) is 0 Å². The van der Waals surface area contributed by atoms with Gasteiger partial charge in [-0.2, -0.15) is 4.39 Å². The summed E-state index contributed by atoms with van der Waals surface area (Å²) in [4.78, 5) is 23.3. The van der Waals surface area contributed by atoms with Gasteiger partial charge in [0.2, 0.25) is 0 Å². The van der Waals surface area contributed by atoms with Crippen molar-refractivity contribution < 1.29 is 18.7 Å². The summed E-state index contributed by atoms with van der Waals surface area (Å²) < 4.78 is 18.8. The van der Waals surface area contributed by atoms with E-state index >= 15 is 0 Å². The number of hydrogen-bond donors (Lipinski definition) is 2. The average Bonchev–Trinajstić information content (AvgIpc) is 3.35. The maximum Gasteiger partial charge on any atom is 0.316 e. The molecule has 2 aromatic rings. The number of nitrogens with two attached hydrogens (primary N) is 1. The molecule has 33 heavy (non-hydrogen) atoms. The van der Waals surface area contributed by atoms with Gasteiger partial charge in [0, 0.05) is 18.5 Å². The number of fused-ring (bicyclic) bond motifs is 4. The molecule has 176 valence electrons. The molecular weight excluding hydrogens is 421 g/mol. The quantitative estimate of drug-likeness (QED) is 0.524. The molecule has 1 unspecified atom stereocenters. The second-order valence-electron chi connectivity index (χ2n) is 8.19. The Morgan fingerprint density at radius 2 is 1.70 bits per heavy atom. The molecule has 2 heterocycles. The fraction of sp³-hybridized carbons (Fsp3) is 0.385. The summed E-state index contributed by atoms with van der Waals surface area (Å²) in [6.07, 6.45) is 0.359. The van der Waals surface area contributed by atoms with Gasteiger partial charge in [0.05, 0.1) is 0 Å². The van der Waals surface area contributed by atoms with E-state index in [9.17, 15) is 14.0 Å². The Labute approximate surface area is 194 Å². The predicted octanol–water partition coefficient (Wildman–Crippen LogP) is 4.27. The van der Waals surface area contributed by atoms with E-state index < -0.39 is 11.8 Å². The number of esters is 1. The average molecular weight is 454 g/mol. The van der Waals surface area contributed by atoms with Crippen LogP contribution in [0.1, 0.15) is 51.2 Å². The number of rotatable bonds is 2. The van der Waals surface area contributed by atoms with Crippen LogP contribution >= 0.6 is 0 Å². The van der Waals surface area contributed by atoms with Gasteiger partial charge in [0.1, 0.15) is 12.8 Å². The number of carbonyl (C=O) groups is 2. The van der Waals surface area contributed by atoms with Gasteiger partial charge in [-0.15, -0.1) is 0 Å². The van der Waals surface area contributed by atoms with E-state index in [-0.39, 0.29) is 24.0 Å². The summed E-state index contributed by atoms with van der Waals surface area (Å²) in [5.74, 6) is -3.07. The molecule has 2 aliphatic heterocycles. The van der Waals surface area contributed by atoms with E-state index in [4.69, 9.17) is 10.5 Å². The molecule has 1 amide bonds. The first-order chi connectivity index (χ1) is 15.7. The van der Waals surface area contributed by atoms with Gasteiger partial charge in [-0.25, -0.2) is 0 Å². The number of amides is 1. The summed E-state index contributed by atoms with van der Waals surface area (Å²) in [7, 11) is 0. The van der Waals surface area contributed by atoms with Crippen molar-refractivity contribution in [1.82, 2.24) is 10.2 Å². The fourth-order valence-electron chi connectivity index (χ4n) is 4.58. The largest absolute Gasteiger partial charge is 0.465 e. The Balaban J connectivity index is 0.000000181. The number of allylic oxidation sites excluding steroid dienone is 1. The molecular formula is C26H32FN3O3. The van der Waals surface area contributed by atoms with Crippen molar-refractivity contribution in [3.05, 3.63) is 71.9 Å². The zero-order chi connectivity index (χ0) is 24.3. The lowest BCUT2D eigenvalue weighted by molar-refractivity contribution is -0.141. The Bertz CT molecular complexity index is 1010. The molecule has 1 aliphatic carbocycles. The number of hydrogen-bond acceptors (Lipinski definition) is 5. The number of nitrogens with one attached hydrogen (secondary N) is 1. The lowest BCUT2D eigenvalue weighted by Gasteiger charge is -2.26. The van der Waals surface area contributed by atoms with Crippen LogP contribution in [0.15, 0.2) is 60.8 Å². The summed E-state index contributed by atoms with van der Waals surface area (Å²) in [5.41, 5.74) is 10.8. The van der Waals surface area contributed by atoms with E-state index in [0.29, 0.717) is 18.7 Å². The third kappa shape index (κ3) is 4.50. The standard InChI is InChI=1S/C16H14O2.C8H12FN3O.C2H6/c1-11(17)18-10-16-14-8-4-2-6-12(14)13-7-3-5-9-15(13)16;1-4-3-6-11-7(13)8(9,10)12(6)5(4)2;1-2/h2-9,16H,10H2,1H3;4,6H,2-3,10H2,1H3,(H,11,13);1-2H3/t;4-,6?,8+;/m.0./s1. The number of carbonyl (C=O) groups excluding carboxylic acids is 2. The molecule has 0 aromatic heterocycles. The highest BCUT2D eigenvalue weighted by atomic mass is 19.2. The number of ether oxygens (including phenoxy) is 1. The maximum atomic E-state index is 13.6. The van der Waals surface area contributed by atoms with Crippen LogP contribution in [0.4, 0.5) is 4.39 Å². The molecule has 2 fully saturated rings. The molecule has 7 heteroatoms. The Morgan fingerprint density at radius 1 is 1.18 bits per heavy atom. The van der Waals surface area contributed by atoms with Gasteiger partial charge in [0.15, 0.2) is 0 Å². The fourth-order valence-corrected chi connectivity index (χ4v) is 4.58. The van der Waals surface area contributed by atoms with E-state index in [2.05, 4.69) is 36.2 Å². The first kappa shape index (κ1) is 24.5. The normalized spacial score (nSPS) is 24.5. The van der Waals surface area contributed by atoms with Crippen molar-refractivity contribution in [3.63, 3.8) is 0 Å². The van der Waals surface area contributed by atoms with Gasteiger partial charge in [-0.3, -0.25) is 15.3 Å². The zero-order valence-corrected chi connectivity index (χ0v) is 19.6. The van der Waals surface area contributed by atoms with Crippen LogP contribution in [0.3, 0.4) is 0 Å². The second kappa shape index (κ2) is 9.75. The molecule has 5 rings (SSSR count). The first-order valence-corrected chi connectivity index (χ1v) is 11.3. The van der Waals surface area contributed by atoms with Crippen LogP contribution in [0.25, 0.3) is 11.1 Å². The van der Waals surface area contributed by atoms with E-state index in [1.165, 1.54) is 34.1 Å². The van der Waals surface area contributed by atoms with E-state index in [1.807, 2.05) is 45.0 Å². The molecule has 6 nitrogen and oxygen atoms in total. The van der Waals surface area contributed by atoms with Crippen LogP contribution in [0, 0.1) is 5.92 Å². The second-order valence-corrected chi connectivity index (χ2v) is 8.19. The van der Waals surface area contributed by atoms with Gasteiger partial charge in [-0.1, -0.05) is 75.9 Å². The molecule has 2 saturated heterocycles. The summed E-state index contributed by atoms with van der Waals surface area (Å²) in [6, 6.07) is 16.6. The predicted molar refractivity (Wildman–Crippen MR) is 126 cm³/mol. The minimum Gasteiger partial charge on any atom is -0.465 e. The highest BCUT2D eigenvalue weighted by molar-refractivity contribution is 5.87. The van der Waals surface area contributed by atoms with Crippen LogP contribution in [-0.2, 0) is 14.3 Å². The maximum absolute atomic E-state index is 13.6. The summed E-state index contributed by atoms with van der Waals surface area (Å²) >= 11 is 0. The van der Waals surface area contributed by atoms with Gasteiger partial charge >= 0.3 is 11.9 Å². The van der Waals surface area contributed by atoms with Crippen molar-refractivity contribution in [2.24, 2.45) is 11.7 Å². The smallest absolute Gasteiger partial charge is 0.316 e. The molecule has 2 aromatic carbocycles. The molecule has 3 aliphatic rings. The third-order valence-electron chi connectivity index (χ3n) is 6.15. The SMILES string of the molecule is C=C1[C@@H](C)CC2NC(=O)[C@](N)(F)N12.CC.CC(=O)OCC1c2ccccc2-c2ccccc21. The monoisotopic (exact) mass is 453 g/mol. The number of nitrogens with zero attached hydrogens (tertiary/aromatic N) is 1. The van der Waals surface area contributed by atoms with Gasteiger partial charge in [-0.05, 0) is 34.6 Å². The topological polar surface area (TPSA) is 84.7 Å². The molecule has 3 atom stereocenters. The minimum absolute atomic E-state index is 0.168. The van der Waals surface area contributed by atoms with E-state index in [0.717, 1.165) is 0 Å². The Kier molecular flexibility index (Phi) is 7.22. The summed E-state index contributed by atoms with van der Waals surface area (Å²) in [6.45, 7) is 11.5. The third-order valence-corrected chi connectivity index (χ3v) is 6.15. The van der Waals surface area contributed by atoms with Gasteiger partial charge in [0.25, 0.3) is 5.91 Å². The van der Waals surface area contributed by atoms with E-state index in [1.54, 1.807) is 0 Å². The lowest BCUT2D eigenvalue weighted by atomic mass is 9.98. The van der Waals surface area contributed by atoms with Gasteiger partial charge < -0.3 is 15.0 Å². The van der Waals surface area contributed by atoms with Crippen molar-refractivity contribution in [2.75, 3.05) is 6.61 Å². The van der Waals surface area contributed by atoms with Crippen LogP contribution < -0.4 is 11.1 Å². The molecule has 3 N–H and O–H groups in total. The summed E-state index contributed by atoms with van der Waals surface area (Å²) in [5, 5.41) is 2.49. The Morgan fingerprint density at radius 3 is 2.18 bits per heavy atom. The lowest BCUT2D eigenvalue weighted by Crippen LogP contribution is -2.52. The van der Waals surface area contributed by atoms with Crippen LogP contribution in [0.2, 0.25) is 0 Å². The molecule has 0 radical (unpaired) electrons. The van der Waals surface area contributed by atoms with Crippen molar-refractivity contribution in [3.8, 4) is 11.1 Å². The Hall–Kier alpha value is -3.19. The number of halogens is 1. The van der Waals surface area contributed by atoms with Crippen LogP contribution in [-0.4, -0.2) is 35.5 Å². The minimum atomic E-state index is -2.41. The van der Waals surface area contributed by atoms with Crippen molar-refractivity contribution in [2.45, 2.75) is 52.1 Å². The number of benzene rings is 2. The first-order valence-electron chi connectivity index (χ1n) is 11.3. The number of alkyl halides is 1. The zero-order valence-electron chi connectivity index (χ0n) is 19.6. The highest BCUT2D eigenvalue weighted by Gasteiger charge is 2.56.